The second-order valence-corrected chi connectivity index (χ2v) is 7.32. The number of piperidine rings is 1. The summed E-state index contributed by atoms with van der Waals surface area (Å²) in [7, 11) is 0. The maximum atomic E-state index is 3.71. The zero-order chi connectivity index (χ0) is 14.1. The molecule has 114 valence electrons. The fraction of sp³-hybridized carbons (Fsp3) is 0.684. The van der Waals surface area contributed by atoms with Crippen molar-refractivity contribution in [3.8, 4) is 0 Å². The third-order valence-electron chi connectivity index (χ3n) is 5.34. The van der Waals surface area contributed by atoms with E-state index in [2.05, 4.69) is 34.5 Å². The van der Waals surface area contributed by atoms with E-state index in [0.29, 0.717) is 0 Å². The molecule has 21 heavy (non-hydrogen) atoms. The van der Waals surface area contributed by atoms with Crippen LogP contribution in [0.2, 0.25) is 0 Å². The predicted molar refractivity (Wildman–Crippen MR) is 87.5 cm³/mol. The molecule has 4 rings (SSSR count). The highest BCUT2D eigenvalue weighted by atomic mass is 15.2. The van der Waals surface area contributed by atoms with Crippen LogP contribution in [0.5, 0.6) is 0 Å². The van der Waals surface area contributed by atoms with Gasteiger partial charge in [0.15, 0.2) is 0 Å². The molecule has 1 aliphatic heterocycles. The van der Waals surface area contributed by atoms with Gasteiger partial charge in [-0.05, 0) is 62.1 Å². The number of nitrogens with zero attached hydrogens (tertiary/aromatic N) is 1. The summed E-state index contributed by atoms with van der Waals surface area (Å²) in [6, 6.07) is 11.1. The van der Waals surface area contributed by atoms with Crippen molar-refractivity contribution in [3.05, 3.63) is 35.4 Å². The first-order valence-corrected chi connectivity index (χ1v) is 8.95. The lowest BCUT2D eigenvalue weighted by Crippen LogP contribution is -2.44. The van der Waals surface area contributed by atoms with Crippen molar-refractivity contribution in [3.63, 3.8) is 0 Å². The molecule has 2 saturated carbocycles. The van der Waals surface area contributed by atoms with Crippen molar-refractivity contribution in [2.75, 3.05) is 13.1 Å². The lowest BCUT2D eigenvalue weighted by Gasteiger charge is -2.30. The van der Waals surface area contributed by atoms with Gasteiger partial charge in [-0.25, -0.2) is 0 Å². The number of rotatable bonds is 6. The van der Waals surface area contributed by atoms with Crippen molar-refractivity contribution in [1.82, 2.24) is 10.2 Å². The molecule has 3 fully saturated rings. The molecule has 0 spiro atoms. The van der Waals surface area contributed by atoms with E-state index < -0.39 is 0 Å². The van der Waals surface area contributed by atoms with Crippen LogP contribution in [-0.2, 0) is 6.54 Å². The van der Waals surface area contributed by atoms with Crippen LogP contribution in [-0.4, -0.2) is 30.1 Å². The average molecular weight is 284 g/mol. The maximum Gasteiger partial charge on any atom is 0.0237 e. The second-order valence-electron chi connectivity index (χ2n) is 7.32. The van der Waals surface area contributed by atoms with Crippen molar-refractivity contribution >= 4 is 0 Å². The summed E-state index contributed by atoms with van der Waals surface area (Å²) < 4.78 is 0. The van der Waals surface area contributed by atoms with Crippen LogP contribution in [0, 0.1) is 0 Å². The Morgan fingerprint density at radius 2 is 1.76 bits per heavy atom. The molecule has 2 heteroatoms. The first-order valence-electron chi connectivity index (χ1n) is 8.95. The molecule has 0 amide bonds. The molecule has 1 N–H and O–H groups in total. The molecule has 2 aliphatic carbocycles. The molecule has 0 aromatic heterocycles. The highest BCUT2D eigenvalue weighted by Crippen LogP contribution is 2.40. The zero-order valence-electron chi connectivity index (χ0n) is 13.1. The summed E-state index contributed by atoms with van der Waals surface area (Å²) >= 11 is 0. The summed E-state index contributed by atoms with van der Waals surface area (Å²) in [5, 5.41) is 3.71. The SMILES string of the molecule is c1cc(C2CC2)ccc1CN(CC1CCCCN1)C1CC1. The molecule has 1 aromatic rings. The average Bonchev–Trinajstić information content (AvgIpc) is 3.41. The van der Waals surface area contributed by atoms with Crippen molar-refractivity contribution in [1.29, 1.82) is 0 Å². The molecule has 0 radical (unpaired) electrons. The highest BCUT2D eigenvalue weighted by molar-refractivity contribution is 5.28. The van der Waals surface area contributed by atoms with Crippen LogP contribution >= 0.6 is 0 Å². The predicted octanol–water partition coefficient (Wildman–Crippen LogP) is 3.67. The van der Waals surface area contributed by atoms with Gasteiger partial charge in [0, 0.05) is 25.2 Å². The lowest BCUT2D eigenvalue weighted by molar-refractivity contribution is 0.208. The first kappa shape index (κ1) is 13.8. The quantitative estimate of drug-likeness (QED) is 0.857. The van der Waals surface area contributed by atoms with E-state index in [-0.39, 0.29) is 0 Å². The van der Waals surface area contributed by atoms with E-state index in [1.807, 2.05) is 0 Å². The highest BCUT2D eigenvalue weighted by Gasteiger charge is 2.31. The minimum atomic E-state index is 0.727. The topological polar surface area (TPSA) is 15.3 Å². The monoisotopic (exact) mass is 284 g/mol. The Labute approximate surface area is 128 Å². The summed E-state index contributed by atoms with van der Waals surface area (Å²) in [4.78, 5) is 2.73. The second kappa shape index (κ2) is 6.10. The van der Waals surface area contributed by atoms with E-state index in [1.165, 1.54) is 63.6 Å². The van der Waals surface area contributed by atoms with Gasteiger partial charge in [0.05, 0.1) is 0 Å². The molecule has 2 nitrogen and oxygen atoms in total. The van der Waals surface area contributed by atoms with Crippen LogP contribution in [0.1, 0.15) is 62.0 Å². The third kappa shape index (κ3) is 3.67. The Bertz CT molecular complexity index is 453. The summed E-state index contributed by atoms with van der Waals surface area (Å²) in [6.07, 6.45) is 9.76. The fourth-order valence-corrected chi connectivity index (χ4v) is 3.69. The van der Waals surface area contributed by atoms with Gasteiger partial charge < -0.3 is 5.32 Å². The molecule has 3 aliphatic rings. The molecule has 0 bridgehead atoms. The Kier molecular flexibility index (Phi) is 4.00. The normalized spacial score (nSPS) is 26.2. The molecule has 1 aromatic carbocycles. The van der Waals surface area contributed by atoms with E-state index in [1.54, 1.807) is 5.56 Å². The number of hydrogen-bond acceptors (Lipinski definition) is 2. The largest absolute Gasteiger partial charge is 0.313 e. The van der Waals surface area contributed by atoms with Crippen LogP contribution in [0.3, 0.4) is 0 Å². The molecule has 1 atom stereocenters. The van der Waals surface area contributed by atoms with Gasteiger partial charge in [0.25, 0.3) is 0 Å². The van der Waals surface area contributed by atoms with E-state index >= 15 is 0 Å². The first-order chi connectivity index (χ1) is 10.4. The van der Waals surface area contributed by atoms with E-state index in [0.717, 1.165) is 24.5 Å². The van der Waals surface area contributed by atoms with Gasteiger partial charge in [-0.2, -0.15) is 0 Å². The van der Waals surface area contributed by atoms with Gasteiger partial charge in [-0.3, -0.25) is 4.90 Å². The Hall–Kier alpha value is -0.860. The van der Waals surface area contributed by atoms with Crippen LogP contribution < -0.4 is 5.32 Å². The minimum Gasteiger partial charge on any atom is -0.313 e. The summed E-state index contributed by atoms with van der Waals surface area (Å²) in [6.45, 7) is 3.61. The smallest absolute Gasteiger partial charge is 0.0237 e. The molecule has 1 unspecified atom stereocenters. The standard InChI is InChI=1S/C19H28N2/c1-2-12-20-18(3-1)14-21(19-10-11-19)13-15-4-6-16(7-5-15)17-8-9-17/h4-7,17-20H,1-3,8-14H2. The molecular weight excluding hydrogens is 256 g/mol. The molecular formula is C19H28N2. The Morgan fingerprint density at radius 3 is 2.38 bits per heavy atom. The van der Waals surface area contributed by atoms with Crippen molar-refractivity contribution in [2.45, 2.75) is 69.5 Å². The number of nitrogens with one attached hydrogen (secondary N) is 1. The van der Waals surface area contributed by atoms with Crippen LogP contribution in [0.4, 0.5) is 0 Å². The maximum absolute atomic E-state index is 3.71. The van der Waals surface area contributed by atoms with E-state index in [9.17, 15) is 0 Å². The molecule has 1 heterocycles. The van der Waals surface area contributed by atoms with Gasteiger partial charge in [0.2, 0.25) is 0 Å². The zero-order valence-corrected chi connectivity index (χ0v) is 13.1. The lowest BCUT2D eigenvalue weighted by atomic mass is 10.0. The van der Waals surface area contributed by atoms with Gasteiger partial charge >= 0.3 is 0 Å². The van der Waals surface area contributed by atoms with Gasteiger partial charge in [0.1, 0.15) is 0 Å². The van der Waals surface area contributed by atoms with Crippen LogP contribution in [0.25, 0.3) is 0 Å². The minimum absolute atomic E-state index is 0.727. The van der Waals surface area contributed by atoms with Gasteiger partial charge in [-0.1, -0.05) is 30.7 Å². The van der Waals surface area contributed by atoms with Crippen LogP contribution in [0.15, 0.2) is 24.3 Å². The van der Waals surface area contributed by atoms with Gasteiger partial charge in [-0.15, -0.1) is 0 Å². The summed E-state index contributed by atoms with van der Waals surface area (Å²) in [5.74, 6) is 0.880. The Morgan fingerprint density at radius 1 is 0.952 bits per heavy atom. The van der Waals surface area contributed by atoms with Crippen molar-refractivity contribution in [2.24, 2.45) is 0 Å². The third-order valence-corrected chi connectivity index (χ3v) is 5.34. The Balaban J connectivity index is 1.37. The fourth-order valence-electron chi connectivity index (χ4n) is 3.69. The number of benzene rings is 1. The van der Waals surface area contributed by atoms with Crippen molar-refractivity contribution < 1.29 is 0 Å². The van der Waals surface area contributed by atoms with E-state index in [4.69, 9.17) is 0 Å². The number of hydrogen-bond donors (Lipinski definition) is 1. The summed E-state index contributed by atoms with van der Waals surface area (Å²) in [5.41, 5.74) is 3.06. The molecule has 1 saturated heterocycles.